The topological polar surface area (TPSA) is 41.3 Å². The molecule has 1 aromatic heterocycles. The van der Waals surface area contributed by atoms with E-state index in [-0.39, 0.29) is 0 Å². The number of aromatic nitrogens is 2. The highest BCUT2D eigenvalue weighted by atomic mass is 16.2. The van der Waals surface area contributed by atoms with Gasteiger partial charge in [-0.2, -0.15) is 0 Å². The van der Waals surface area contributed by atoms with Crippen LogP contribution in [-0.4, -0.2) is 39.8 Å². The van der Waals surface area contributed by atoms with Crippen LogP contribution in [0.15, 0.2) is 12.5 Å². The number of nitrogens with zero attached hydrogens (tertiary/aromatic N) is 3. The fourth-order valence-corrected chi connectivity index (χ4v) is 1.56. The van der Waals surface area contributed by atoms with E-state index in [0.29, 0.717) is 6.61 Å². The van der Waals surface area contributed by atoms with Crippen molar-refractivity contribution in [2.75, 3.05) is 20.2 Å². The van der Waals surface area contributed by atoms with E-state index in [1.165, 1.54) is 5.69 Å². The number of aryl methyl sites for hydroxylation is 1. The first kappa shape index (κ1) is 12.2. The lowest BCUT2D eigenvalue weighted by Crippen LogP contribution is -2.20. The van der Waals surface area contributed by atoms with Gasteiger partial charge in [0.2, 0.25) is 0 Å². The summed E-state index contributed by atoms with van der Waals surface area (Å²) in [5.41, 5.74) is 1.24. The Bertz CT molecular complexity index is 273. The van der Waals surface area contributed by atoms with Gasteiger partial charge in [-0.05, 0) is 32.9 Å². The van der Waals surface area contributed by atoms with Gasteiger partial charge >= 0.3 is 0 Å². The summed E-state index contributed by atoms with van der Waals surface area (Å²) >= 11 is 0. The zero-order valence-electron chi connectivity index (χ0n) is 9.69. The molecule has 0 saturated carbocycles. The molecule has 0 saturated heterocycles. The van der Waals surface area contributed by atoms with Crippen LogP contribution < -0.4 is 0 Å². The molecule has 0 aliphatic heterocycles. The van der Waals surface area contributed by atoms with Crippen LogP contribution in [-0.2, 0) is 13.6 Å². The Morgan fingerprint density at radius 2 is 2.20 bits per heavy atom. The van der Waals surface area contributed by atoms with Crippen LogP contribution >= 0.6 is 0 Å². The standard InChI is InChI=1S/C11H21N3O/c1-13(6-4-3-5-7-15)9-11-8-12-10-14(11)2/h8,10,15H,3-7,9H2,1-2H3. The fraction of sp³-hybridized carbons (Fsp3) is 0.727. The highest BCUT2D eigenvalue weighted by Gasteiger charge is 2.02. The van der Waals surface area contributed by atoms with Crippen molar-refractivity contribution >= 4 is 0 Å². The van der Waals surface area contributed by atoms with Crippen LogP contribution in [0.25, 0.3) is 0 Å². The second-order valence-corrected chi connectivity index (χ2v) is 4.02. The summed E-state index contributed by atoms with van der Waals surface area (Å²) in [5, 5.41) is 8.65. The average molecular weight is 211 g/mol. The monoisotopic (exact) mass is 211 g/mol. The zero-order chi connectivity index (χ0) is 11.1. The summed E-state index contributed by atoms with van der Waals surface area (Å²) in [5.74, 6) is 0. The molecule has 0 aromatic carbocycles. The number of rotatable bonds is 7. The first-order chi connectivity index (χ1) is 7.24. The minimum absolute atomic E-state index is 0.311. The van der Waals surface area contributed by atoms with E-state index in [9.17, 15) is 0 Å². The van der Waals surface area contributed by atoms with Crippen molar-refractivity contribution in [2.24, 2.45) is 7.05 Å². The van der Waals surface area contributed by atoms with Gasteiger partial charge in [-0.3, -0.25) is 0 Å². The van der Waals surface area contributed by atoms with E-state index in [1.807, 2.05) is 24.1 Å². The number of hydrogen-bond donors (Lipinski definition) is 1. The summed E-state index contributed by atoms with van der Waals surface area (Å²) in [6.45, 7) is 2.33. The molecule has 15 heavy (non-hydrogen) atoms. The Labute approximate surface area is 91.5 Å². The van der Waals surface area contributed by atoms with Crippen LogP contribution in [0.2, 0.25) is 0 Å². The maximum atomic E-state index is 8.65. The smallest absolute Gasteiger partial charge is 0.0945 e. The second-order valence-electron chi connectivity index (χ2n) is 4.02. The van der Waals surface area contributed by atoms with E-state index in [1.54, 1.807) is 0 Å². The molecule has 1 rings (SSSR count). The fourth-order valence-electron chi connectivity index (χ4n) is 1.56. The minimum Gasteiger partial charge on any atom is -0.396 e. The molecule has 0 aliphatic rings. The van der Waals surface area contributed by atoms with Gasteiger partial charge < -0.3 is 14.6 Å². The van der Waals surface area contributed by atoms with E-state index in [2.05, 4.69) is 16.9 Å². The quantitative estimate of drug-likeness (QED) is 0.684. The molecule has 0 fully saturated rings. The largest absolute Gasteiger partial charge is 0.396 e. The minimum atomic E-state index is 0.311. The lowest BCUT2D eigenvalue weighted by Gasteiger charge is -2.16. The number of aliphatic hydroxyl groups is 1. The highest BCUT2D eigenvalue weighted by molar-refractivity contribution is 4.96. The van der Waals surface area contributed by atoms with Crippen LogP contribution in [0.4, 0.5) is 0 Å². The molecule has 0 amide bonds. The van der Waals surface area contributed by atoms with Crippen molar-refractivity contribution in [1.29, 1.82) is 0 Å². The van der Waals surface area contributed by atoms with Crippen LogP contribution in [0, 0.1) is 0 Å². The van der Waals surface area contributed by atoms with Crippen molar-refractivity contribution in [1.82, 2.24) is 14.5 Å². The lowest BCUT2D eigenvalue weighted by atomic mass is 10.2. The van der Waals surface area contributed by atoms with Gasteiger partial charge in [-0.25, -0.2) is 4.98 Å². The van der Waals surface area contributed by atoms with E-state index in [4.69, 9.17) is 5.11 Å². The summed E-state index contributed by atoms with van der Waals surface area (Å²) in [6, 6.07) is 0. The average Bonchev–Trinajstić information content (AvgIpc) is 2.59. The first-order valence-corrected chi connectivity index (χ1v) is 5.48. The van der Waals surface area contributed by atoms with E-state index >= 15 is 0 Å². The van der Waals surface area contributed by atoms with Crippen molar-refractivity contribution in [2.45, 2.75) is 25.8 Å². The Balaban J connectivity index is 2.18. The number of aliphatic hydroxyl groups excluding tert-OH is 1. The zero-order valence-corrected chi connectivity index (χ0v) is 9.69. The third-order valence-electron chi connectivity index (χ3n) is 2.55. The third-order valence-corrected chi connectivity index (χ3v) is 2.55. The highest BCUT2D eigenvalue weighted by Crippen LogP contribution is 2.03. The molecule has 86 valence electrons. The number of unbranched alkanes of at least 4 members (excludes halogenated alkanes) is 2. The molecule has 0 bridgehead atoms. The van der Waals surface area contributed by atoms with Crippen LogP contribution in [0.1, 0.15) is 25.0 Å². The SMILES string of the molecule is CN(CCCCCO)Cc1cncn1C. The van der Waals surface area contributed by atoms with Gasteiger partial charge in [0, 0.05) is 26.4 Å². The molecule has 0 radical (unpaired) electrons. The van der Waals surface area contributed by atoms with Crippen LogP contribution in [0.3, 0.4) is 0 Å². The van der Waals surface area contributed by atoms with Crippen LogP contribution in [0.5, 0.6) is 0 Å². The Morgan fingerprint density at radius 1 is 1.40 bits per heavy atom. The molecule has 4 heteroatoms. The maximum Gasteiger partial charge on any atom is 0.0945 e. The first-order valence-electron chi connectivity index (χ1n) is 5.48. The molecule has 0 spiro atoms. The summed E-state index contributed by atoms with van der Waals surface area (Å²) in [6.07, 6.45) is 6.90. The van der Waals surface area contributed by atoms with Crippen molar-refractivity contribution in [3.8, 4) is 0 Å². The maximum absolute atomic E-state index is 8.65. The molecule has 0 unspecified atom stereocenters. The molecular formula is C11H21N3O. The Hall–Kier alpha value is -0.870. The van der Waals surface area contributed by atoms with E-state index < -0.39 is 0 Å². The number of imidazole rings is 1. The molecule has 1 heterocycles. The molecule has 0 atom stereocenters. The lowest BCUT2D eigenvalue weighted by molar-refractivity contribution is 0.270. The molecular weight excluding hydrogens is 190 g/mol. The van der Waals surface area contributed by atoms with Gasteiger partial charge in [0.25, 0.3) is 0 Å². The molecule has 4 nitrogen and oxygen atoms in total. The van der Waals surface area contributed by atoms with E-state index in [0.717, 1.165) is 32.4 Å². The van der Waals surface area contributed by atoms with Gasteiger partial charge in [0.1, 0.15) is 0 Å². The van der Waals surface area contributed by atoms with Gasteiger partial charge in [0.05, 0.1) is 12.0 Å². The predicted molar refractivity (Wildman–Crippen MR) is 60.5 cm³/mol. The summed E-state index contributed by atoms with van der Waals surface area (Å²) in [4.78, 5) is 6.37. The number of hydrogen-bond acceptors (Lipinski definition) is 3. The summed E-state index contributed by atoms with van der Waals surface area (Å²) < 4.78 is 2.05. The van der Waals surface area contributed by atoms with Crippen molar-refractivity contribution < 1.29 is 5.11 Å². The van der Waals surface area contributed by atoms with Gasteiger partial charge in [-0.15, -0.1) is 0 Å². The second kappa shape index (κ2) is 6.58. The van der Waals surface area contributed by atoms with Gasteiger partial charge in [-0.1, -0.05) is 0 Å². The Morgan fingerprint density at radius 3 is 2.80 bits per heavy atom. The molecule has 0 aliphatic carbocycles. The molecule has 1 aromatic rings. The predicted octanol–water partition coefficient (Wildman–Crippen LogP) is 1.01. The third kappa shape index (κ3) is 4.44. The normalized spacial score (nSPS) is 11.2. The Kier molecular flexibility index (Phi) is 5.36. The summed E-state index contributed by atoms with van der Waals surface area (Å²) in [7, 11) is 4.13. The van der Waals surface area contributed by atoms with Crippen molar-refractivity contribution in [3.63, 3.8) is 0 Å². The van der Waals surface area contributed by atoms with Gasteiger partial charge in [0.15, 0.2) is 0 Å². The van der Waals surface area contributed by atoms with Crippen molar-refractivity contribution in [3.05, 3.63) is 18.2 Å². The molecule has 1 N–H and O–H groups in total.